The highest BCUT2D eigenvalue weighted by Crippen LogP contribution is 2.54. The molecule has 4 heteroatoms. The highest BCUT2D eigenvalue weighted by atomic mass is 79.9. The van der Waals surface area contributed by atoms with Crippen molar-refractivity contribution in [1.29, 1.82) is 0 Å². The first kappa shape index (κ1) is 15.3. The highest BCUT2D eigenvalue weighted by molar-refractivity contribution is 9.10. The predicted molar refractivity (Wildman–Crippen MR) is 87.1 cm³/mol. The Balaban J connectivity index is 1.75. The van der Waals surface area contributed by atoms with Gasteiger partial charge in [-0.25, -0.2) is 4.39 Å². The molecule has 1 spiro atoms. The van der Waals surface area contributed by atoms with Crippen molar-refractivity contribution in [2.75, 3.05) is 11.9 Å². The van der Waals surface area contributed by atoms with Gasteiger partial charge in [-0.1, -0.05) is 19.3 Å². The molecule has 0 heterocycles. The van der Waals surface area contributed by atoms with E-state index in [0.29, 0.717) is 12.1 Å². The molecule has 1 N–H and O–H groups in total. The summed E-state index contributed by atoms with van der Waals surface area (Å²) in [5, 5.41) is 3.63. The minimum atomic E-state index is -0.208. The lowest BCUT2D eigenvalue weighted by molar-refractivity contribution is -0.134. The maximum Gasteiger partial charge on any atom is 0.124 e. The molecule has 0 saturated heterocycles. The Labute approximate surface area is 134 Å². The summed E-state index contributed by atoms with van der Waals surface area (Å²) < 4.78 is 20.0. The monoisotopic (exact) mass is 355 g/mol. The zero-order valence-electron chi connectivity index (χ0n) is 12.5. The quantitative estimate of drug-likeness (QED) is 0.808. The van der Waals surface area contributed by atoms with Crippen molar-refractivity contribution in [3.63, 3.8) is 0 Å². The predicted octanol–water partition coefficient (Wildman–Crippen LogP) is 5.13. The van der Waals surface area contributed by atoms with Gasteiger partial charge in [0.25, 0.3) is 0 Å². The molecule has 0 aromatic heterocycles. The topological polar surface area (TPSA) is 21.3 Å². The molecule has 21 heavy (non-hydrogen) atoms. The van der Waals surface area contributed by atoms with Crippen molar-refractivity contribution in [3.05, 3.63) is 28.5 Å². The molecule has 2 nitrogen and oxygen atoms in total. The van der Waals surface area contributed by atoms with Crippen LogP contribution in [0.4, 0.5) is 10.1 Å². The first-order valence-corrected chi connectivity index (χ1v) is 8.78. The van der Waals surface area contributed by atoms with Gasteiger partial charge >= 0.3 is 0 Å². The third-order valence-electron chi connectivity index (χ3n) is 5.20. The van der Waals surface area contributed by atoms with Crippen molar-refractivity contribution >= 4 is 21.6 Å². The minimum absolute atomic E-state index is 0.208. The van der Waals surface area contributed by atoms with E-state index in [1.54, 1.807) is 0 Å². The third-order valence-corrected chi connectivity index (χ3v) is 5.85. The molecule has 2 aliphatic carbocycles. The Morgan fingerprint density at radius 2 is 2.10 bits per heavy atom. The van der Waals surface area contributed by atoms with Gasteiger partial charge in [-0.15, -0.1) is 0 Å². The molecule has 1 aromatic carbocycles. The van der Waals surface area contributed by atoms with E-state index in [1.165, 1.54) is 44.2 Å². The molecule has 2 fully saturated rings. The lowest BCUT2D eigenvalue weighted by Gasteiger charge is -2.58. The summed E-state index contributed by atoms with van der Waals surface area (Å²) in [4.78, 5) is 0. The number of hydrogen-bond donors (Lipinski definition) is 1. The molecule has 3 rings (SSSR count). The van der Waals surface area contributed by atoms with Crippen molar-refractivity contribution in [2.24, 2.45) is 5.41 Å². The van der Waals surface area contributed by atoms with E-state index < -0.39 is 0 Å². The van der Waals surface area contributed by atoms with Gasteiger partial charge < -0.3 is 10.1 Å². The molecule has 1 aromatic rings. The van der Waals surface area contributed by atoms with E-state index in [9.17, 15) is 4.39 Å². The molecule has 0 radical (unpaired) electrons. The molecule has 2 aliphatic rings. The van der Waals surface area contributed by atoms with Crippen LogP contribution in [0.5, 0.6) is 0 Å². The van der Waals surface area contributed by atoms with Crippen LogP contribution in [-0.2, 0) is 4.74 Å². The summed E-state index contributed by atoms with van der Waals surface area (Å²) in [5.74, 6) is -0.208. The number of benzene rings is 1. The van der Waals surface area contributed by atoms with E-state index >= 15 is 0 Å². The van der Waals surface area contributed by atoms with E-state index in [1.807, 2.05) is 6.07 Å². The van der Waals surface area contributed by atoms with Gasteiger partial charge in [0, 0.05) is 28.2 Å². The largest absolute Gasteiger partial charge is 0.381 e. The zero-order valence-corrected chi connectivity index (χ0v) is 14.1. The van der Waals surface area contributed by atoms with Gasteiger partial charge in [0.1, 0.15) is 5.82 Å². The molecular weight excluding hydrogens is 333 g/mol. The number of anilines is 1. The molecule has 116 valence electrons. The number of halogens is 2. The summed E-state index contributed by atoms with van der Waals surface area (Å²) in [6.07, 6.45) is 7.87. The van der Waals surface area contributed by atoms with E-state index in [4.69, 9.17) is 4.74 Å². The normalized spacial score (nSPS) is 27.4. The highest BCUT2D eigenvalue weighted by Gasteiger charge is 2.55. The lowest BCUT2D eigenvalue weighted by Crippen LogP contribution is -2.62. The van der Waals surface area contributed by atoms with Gasteiger partial charge in [-0.3, -0.25) is 0 Å². The molecule has 0 aliphatic heterocycles. The number of rotatable bonds is 4. The fraction of sp³-hybridized carbons (Fsp3) is 0.647. The number of ether oxygens (including phenoxy) is 1. The van der Waals surface area contributed by atoms with Crippen LogP contribution < -0.4 is 5.32 Å². The van der Waals surface area contributed by atoms with Crippen LogP contribution >= 0.6 is 15.9 Å². The SMILES string of the molecule is CCOC1CC(Nc2ccc(F)cc2Br)C12CCCCC2. The smallest absolute Gasteiger partial charge is 0.124 e. The summed E-state index contributed by atoms with van der Waals surface area (Å²) in [5.41, 5.74) is 1.27. The van der Waals surface area contributed by atoms with E-state index in [-0.39, 0.29) is 11.2 Å². The van der Waals surface area contributed by atoms with Gasteiger partial charge in [0.05, 0.1) is 6.10 Å². The average Bonchev–Trinajstić information content (AvgIpc) is 2.49. The van der Waals surface area contributed by atoms with Crippen LogP contribution in [0.3, 0.4) is 0 Å². The molecule has 2 saturated carbocycles. The van der Waals surface area contributed by atoms with Crippen LogP contribution in [0, 0.1) is 11.2 Å². The first-order chi connectivity index (χ1) is 10.2. The second-order valence-corrected chi connectivity index (χ2v) is 7.15. The summed E-state index contributed by atoms with van der Waals surface area (Å²) in [7, 11) is 0. The van der Waals surface area contributed by atoms with Crippen molar-refractivity contribution in [3.8, 4) is 0 Å². The first-order valence-electron chi connectivity index (χ1n) is 7.99. The Hall–Kier alpha value is -0.610. The van der Waals surface area contributed by atoms with Gasteiger partial charge in [-0.2, -0.15) is 0 Å². The van der Waals surface area contributed by atoms with Gasteiger partial charge in [-0.05, 0) is 60.3 Å². The Morgan fingerprint density at radius 3 is 2.76 bits per heavy atom. The zero-order chi connectivity index (χ0) is 14.9. The second-order valence-electron chi connectivity index (χ2n) is 6.29. The van der Waals surface area contributed by atoms with Crippen LogP contribution in [0.1, 0.15) is 45.4 Å². The molecule has 2 atom stereocenters. The van der Waals surface area contributed by atoms with Gasteiger partial charge in [0.2, 0.25) is 0 Å². The van der Waals surface area contributed by atoms with E-state index in [2.05, 4.69) is 28.2 Å². The van der Waals surface area contributed by atoms with Crippen molar-refractivity contribution < 1.29 is 9.13 Å². The minimum Gasteiger partial charge on any atom is -0.381 e. The van der Waals surface area contributed by atoms with Crippen molar-refractivity contribution in [1.82, 2.24) is 0 Å². The maximum absolute atomic E-state index is 13.2. The average molecular weight is 356 g/mol. The Kier molecular flexibility index (Phi) is 4.55. The van der Waals surface area contributed by atoms with Crippen LogP contribution in [-0.4, -0.2) is 18.8 Å². The van der Waals surface area contributed by atoms with Crippen molar-refractivity contribution in [2.45, 2.75) is 57.6 Å². The van der Waals surface area contributed by atoms with E-state index in [0.717, 1.165) is 23.2 Å². The number of nitrogens with one attached hydrogen (secondary N) is 1. The summed E-state index contributed by atoms with van der Waals surface area (Å²) in [6, 6.07) is 5.30. The fourth-order valence-corrected chi connectivity index (χ4v) is 4.53. The fourth-order valence-electron chi connectivity index (χ4n) is 4.06. The second kappa shape index (κ2) is 6.25. The molecular formula is C17H23BrFNO. The van der Waals surface area contributed by atoms with Crippen LogP contribution in [0.25, 0.3) is 0 Å². The maximum atomic E-state index is 13.2. The Bertz CT molecular complexity index is 502. The molecule has 2 unspecified atom stereocenters. The summed E-state index contributed by atoms with van der Waals surface area (Å²) in [6.45, 7) is 2.87. The summed E-state index contributed by atoms with van der Waals surface area (Å²) >= 11 is 3.45. The Morgan fingerprint density at radius 1 is 1.33 bits per heavy atom. The molecule has 0 bridgehead atoms. The third kappa shape index (κ3) is 2.85. The lowest BCUT2D eigenvalue weighted by atomic mass is 9.55. The van der Waals surface area contributed by atoms with Crippen LogP contribution in [0.15, 0.2) is 22.7 Å². The number of hydrogen-bond acceptors (Lipinski definition) is 2. The van der Waals surface area contributed by atoms with Crippen LogP contribution in [0.2, 0.25) is 0 Å². The standard InChI is InChI=1S/C17H23BrFNO/c1-2-21-16-11-15(17(16)8-4-3-5-9-17)20-14-7-6-12(19)10-13(14)18/h6-7,10,15-16,20H,2-5,8-9,11H2,1H3. The van der Waals surface area contributed by atoms with Gasteiger partial charge in [0.15, 0.2) is 0 Å². The molecule has 0 amide bonds.